The molecule has 3 rings (SSSR count). The Labute approximate surface area is 176 Å². The molecule has 0 radical (unpaired) electrons. The number of hydrogen-bond donors (Lipinski definition) is 1. The van der Waals surface area contributed by atoms with Crippen molar-refractivity contribution in [3.63, 3.8) is 0 Å². The number of fused-ring (bicyclic) bond motifs is 1. The summed E-state index contributed by atoms with van der Waals surface area (Å²) in [7, 11) is 2.94. The third-order valence-electron chi connectivity index (χ3n) is 6.23. The predicted molar refractivity (Wildman–Crippen MR) is 116 cm³/mol. The highest BCUT2D eigenvalue weighted by atomic mass is 32.1. The van der Waals surface area contributed by atoms with E-state index in [1.165, 1.54) is 23.3 Å². The summed E-state index contributed by atoms with van der Waals surface area (Å²) in [6.45, 7) is 6.84. The van der Waals surface area contributed by atoms with Gasteiger partial charge in [0.05, 0.1) is 19.8 Å². The number of amides is 1. The minimum atomic E-state index is -0.392. The number of benzene rings is 1. The molecule has 6 heteroatoms. The van der Waals surface area contributed by atoms with Gasteiger partial charge in [-0.1, -0.05) is 33.3 Å². The number of ether oxygens (including phenoxy) is 2. The van der Waals surface area contributed by atoms with Gasteiger partial charge in [0.1, 0.15) is 10.8 Å². The van der Waals surface area contributed by atoms with Crippen molar-refractivity contribution in [2.75, 3.05) is 19.5 Å². The van der Waals surface area contributed by atoms with Crippen LogP contribution < -0.4 is 10.1 Å². The molecular weight excluding hydrogens is 386 g/mol. The zero-order valence-corrected chi connectivity index (χ0v) is 18.6. The first kappa shape index (κ1) is 21.4. The van der Waals surface area contributed by atoms with Crippen molar-refractivity contribution >= 4 is 28.2 Å². The van der Waals surface area contributed by atoms with E-state index in [0.29, 0.717) is 27.8 Å². The average Bonchev–Trinajstić information content (AvgIpc) is 3.10. The molecule has 1 aromatic carbocycles. The fourth-order valence-corrected chi connectivity index (χ4v) is 5.20. The molecule has 156 valence electrons. The van der Waals surface area contributed by atoms with Gasteiger partial charge in [-0.3, -0.25) is 4.79 Å². The minimum absolute atomic E-state index is 0.247. The van der Waals surface area contributed by atoms with Gasteiger partial charge in [0.15, 0.2) is 0 Å². The molecular formula is C23H29NO4S. The van der Waals surface area contributed by atoms with Crippen LogP contribution in [-0.2, 0) is 17.6 Å². The van der Waals surface area contributed by atoms with Crippen LogP contribution >= 0.6 is 11.3 Å². The van der Waals surface area contributed by atoms with E-state index in [9.17, 15) is 9.59 Å². The maximum Gasteiger partial charge on any atom is 0.341 e. The normalized spacial score (nSPS) is 16.1. The zero-order valence-electron chi connectivity index (χ0n) is 17.8. The Bertz CT molecular complexity index is 916. The van der Waals surface area contributed by atoms with Gasteiger partial charge < -0.3 is 14.8 Å². The topological polar surface area (TPSA) is 64.6 Å². The summed E-state index contributed by atoms with van der Waals surface area (Å²) >= 11 is 1.50. The van der Waals surface area contributed by atoms with Crippen molar-refractivity contribution in [2.45, 2.75) is 46.5 Å². The molecule has 0 aliphatic heterocycles. The zero-order chi connectivity index (χ0) is 21.2. The Balaban J connectivity index is 1.93. The molecule has 1 atom stereocenters. The van der Waals surface area contributed by atoms with E-state index >= 15 is 0 Å². The SMILES string of the molecule is CCC(C)(C)C1CCc2c(sc(NC(=O)c3cccc(OC)c3)c2C(=O)OC)C1. The van der Waals surface area contributed by atoms with Crippen molar-refractivity contribution < 1.29 is 19.1 Å². The molecule has 1 N–H and O–H groups in total. The number of hydrogen-bond acceptors (Lipinski definition) is 5. The monoisotopic (exact) mass is 415 g/mol. The van der Waals surface area contributed by atoms with E-state index < -0.39 is 5.97 Å². The molecule has 0 bridgehead atoms. The molecule has 0 spiro atoms. The maximum atomic E-state index is 12.8. The summed E-state index contributed by atoms with van der Waals surface area (Å²) in [6, 6.07) is 6.96. The Morgan fingerprint density at radius 2 is 2.03 bits per heavy atom. The van der Waals surface area contributed by atoms with Crippen molar-refractivity contribution in [3.8, 4) is 5.75 Å². The number of anilines is 1. The molecule has 0 saturated carbocycles. The van der Waals surface area contributed by atoms with E-state index in [0.717, 1.165) is 31.2 Å². The van der Waals surface area contributed by atoms with E-state index in [1.54, 1.807) is 31.4 Å². The molecule has 1 heterocycles. The lowest BCUT2D eigenvalue weighted by Gasteiger charge is -2.36. The Morgan fingerprint density at radius 1 is 1.28 bits per heavy atom. The predicted octanol–water partition coefficient (Wildman–Crippen LogP) is 5.34. The van der Waals surface area contributed by atoms with Crippen LogP contribution in [0.5, 0.6) is 5.75 Å². The number of rotatable bonds is 6. The summed E-state index contributed by atoms with van der Waals surface area (Å²) in [4.78, 5) is 26.5. The smallest absolute Gasteiger partial charge is 0.341 e. The second-order valence-electron chi connectivity index (χ2n) is 8.17. The van der Waals surface area contributed by atoms with E-state index in [4.69, 9.17) is 9.47 Å². The van der Waals surface area contributed by atoms with E-state index in [-0.39, 0.29) is 11.3 Å². The molecule has 0 fully saturated rings. The van der Waals surface area contributed by atoms with E-state index in [1.807, 2.05) is 0 Å². The van der Waals surface area contributed by atoms with Gasteiger partial charge >= 0.3 is 5.97 Å². The number of thiophene rings is 1. The van der Waals surface area contributed by atoms with E-state index in [2.05, 4.69) is 26.1 Å². The van der Waals surface area contributed by atoms with Crippen LogP contribution in [-0.4, -0.2) is 26.1 Å². The van der Waals surface area contributed by atoms with Gasteiger partial charge in [0.2, 0.25) is 0 Å². The largest absolute Gasteiger partial charge is 0.497 e. The van der Waals surface area contributed by atoms with Crippen LogP contribution in [0, 0.1) is 11.3 Å². The van der Waals surface area contributed by atoms with Crippen LogP contribution in [0.3, 0.4) is 0 Å². The molecule has 1 aliphatic rings. The highest BCUT2D eigenvalue weighted by Gasteiger charge is 2.35. The van der Waals surface area contributed by atoms with Crippen molar-refractivity contribution in [3.05, 3.63) is 45.8 Å². The van der Waals surface area contributed by atoms with Crippen molar-refractivity contribution in [1.29, 1.82) is 0 Å². The standard InChI is InChI=1S/C23H29NO4S/c1-6-23(2,3)15-10-11-17-18(13-15)29-21(19(17)22(26)28-5)24-20(25)14-8-7-9-16(12-14)27-4/h7-9,12,15H,6,10-11,13H2,1-5H3,(H,24,25). The summed E-state index contributed by atoms with van der Waals surface area (Å²) in [5.74, 6) is 0.516. The number of methoxy groups -OCH3 is 2. The molecule has 1 aliphatic carbocycles. The van der Waals surface area contributed by atoms with Crippen LogP contribution in [0.25, 0.3) is 0 Å². The molecule has 1 unspecified atom stereocenters. The van der Waals surface area contributed by atoms with Gasteiger partial charge in [-0.2, -0.15) is 0 Å². The number of carbonyl (C=O) groups excluding carboxylic acids is 2. The Kier molecular flexibility index (Phi) is 6.32. The third-order valence-corrected chi connectivity index (χ3v) is 7.40. The summed E-state index contributed by atoms with van der Waals surface area (Å²) < 4.78 is 10.2. The molecule has 1 amide bonds. The Hall–Kier alpha value is -2.34. The fourth-order valence-electron chi connectivity index (χ4n) is 3.89. The number of esters is 1. The highest BCUT2D eigenvalue weighted by molar-refractivity contribution is 7.17. The molecule has 5 nitrogen and oxygen atoms in total. The summed E-state index contributed by atoms with van der Waals surface area (Å²) in [6.07, 6.45) is 3.92. The van der Waals surface area contributed by atoms with Crippen LogP contribution in [0.2, 0.25) is 0 Å². The maximum absolute atomic E-state index is 12.8. The number of nitrogens with one attached hydrogen (secondary N) is 1. The van der Waals surface area contributed by atoms with Crippen LogP contribution in [0.4, 0.5) is 5.00 Å². The molecule has 0 saturated heterocycles. The van der Waals surface area contributed by atoms with Gasteiger partial charge in [-0.05, 0) is 54.4 Å². The summed E-state index contributed by atoms with van der Waals surface area (Å²) in [5, 5.41) is 3.52. The van der Waals surface area contributed by atoms with Crippen LogP contribution in [0.1, 0.15) is 64.8 Å². The average molecular weight is 416 g/mol. The van der Waals surface area contributed by atoms with Crippen LogP contribution in [0.15, 0.2) is 24.3 Å². The number of carbonyl (C=O) groups is 2. The first-order chi connectivity index (χ1) is 13.8. The quantitative estimate of drug-likeness (QED) is 0.647. The van der Waals surface area contributed by atoms with Gasteiger partial charge in [-0.25, -0.2) is 4.79 Å². The van der Waals surface area contributed by atoms with Crippen molar-refractivity contribution in [1.82, 2.24) is 0 Å². The molecule has 1 aromatic heterocycles. The second-order valence-corrected chi connectivity index (χ2v) is 9.27. The van der Waals surface area contributed by atoms with Gasteiger partial charge in [0, 0.05) is 10.4 Å². The highest BCUT2D eigenvalue weighted by Crippen LogP contribution is 2.45. The first-order valence-corrected chi connectivity index (χ1v) is 10.8. The Morgan fingerprint density at radius 3 is 2.69 bits per heavy atom. The second kappa shape index (κ2) is 8.57. The lowest BCUT2D eigenvalue weighted by molar-refractivity contribution is 0.0600. The van der Waals surface area contributed by atoms with Gasteiger partial charge in [0.25, 0.3) is 5.91 Å². The minimum Gasteiger partial charge on any atom is -0.497 e. The summed E-state index contributed by atoms with van der Waals surface area (Å²) in [5.41, 5.74) is 2.27. The molecule has 2 aromatic rings. The molecule has 29 heavy (non-hydrogen) atoms. The lowest BCUT2D eigenvalue weighted by Crippen LogP contribution is -2.28. The third kappa shape index (κ3) is 4.32. The first-order valence-electron chi connectivity index (χ1n) is 9.99. The van der Waals surface area contributed by atoms with Crippen molar-refractivity contribution in [2.24, 2.45) is 11.3 Å². The lowest BCUT2D eigenvalue weighted by atomic mass is 9.69. The van der Waals surface area contributed by atoms with Gasteiger partial charge in [-0.15, -0.1) is 11.3 Å². The fraction of sp³-hybridized carbons (Fsp3) is 0.478.